The summed E-state index contributed by atoms with van der Waals surface area (Å²) in [6, 6.07) is 0. The van der Waals surface area contributed by atoms with E-state index in [-0.39, 0.29) is 11.8 Å². The summed E-state index contributed by atoms with van der Waals surface area (Å²) in [6.07, 6.45) is 0. The van der Waals surface area contributed by atoms with Crippen molar-refractivity contribution >= 4 is 5.91 Å². The van der Waals surface area contributed by atoms with Gasteiger partial charge in [0.1, 0.15) is 5.72 Å². The molecule has 0 aromatic rings. The number of aliphatic hydroxyl groups is 1. The normalized spacial score (nSPS) is 22.9. The van der Waals surface area contributed by atoms with Crippen LogP contribution in [0.25, 0.3) is 0 Å². The van der Waals surface area contributed by atoms with E-state index in [1.165, 1.54) is 0 Å². The molecule has 0 aliphatic carbocycles. The SMILES string of the molecule is CC(=O)N1CCN(C(C)(O)C(C)C)CC1. The van der Waals surface area contributed by atoms with Crippen LogP contribution in [0, 0.1) is 5.92 Å². The molecule has 1 fully saturated rings. The third kappa shape index (κ3) is 2.69. The Hall–Kier alpha value is -0.610. The van der Waals surface area contributed by atoms with E-state index in [2.05, 4.69) is 4.90 Å². The lowest BCUT2D eigenvalue weighted by Gasteiger charge is -2.44. The number of rotatable bonds is 2. The summed E-state index contributed by atoms with van der Waals surface area (Å²) in [5.74, 6) is 0.320. The lowest BCUT2D eigenvalue weighted by Crippen LogP contribution is -2.58. The van der Waals surface area contributed by atoms with Gasteiger partial charge in [0.25, 0.3) is 0 Å². The van der Waals surface area contributed by atoms with Crippen molar-refractivity contribution < 1.29 is 9.90 Å². The zero-order valence-corrected chi connectivity index (χ0v) is 10.2. The molecule has 0 radical (unpaired) electrons. The molecule has 1 aliphatic rings. The Morgan fingerprint density at radius 2 is 1.73 bits per heavy atom. The molecule has 4 heteroatoms. The number of hydrogen-bond donors (Lipinski definition) is 1. The van der Waals surface area contributed by atoms with Crippen molar-refractivity contribution in [1.82, 2.24) is 9.80 Å². The Labute approximate surface area is 91.9 Å². The van der Waals surface area contributed by atoms with Crippen molar-refractivity contribution in [1.29, 1.82) is 0 Å². The van der Waals surface area contributed by atoms with Crippen molar-refractivity contribution in [3.8, 4) is 0 Å². The van der Waals surface area contributed by atoms with E-state index >= 15 is 0 Å². The fourth-order valence-corrected chi connectivity index (χ4v) is 1.84. The lowest BCUT2D eigenvalue weighted by molar-refractivity contribution is -0.150. The largest absolute Gasteiger partial charge is 0.376 e. The summed E-state index contributed by atoms with van der Waals surface area (Å²) < 4.78 is 0. The van der Waals surface area contributed by atoms with E-state index in [1.54, 1.807) is 6.92 Å². The van der Waals surface area contributed by atoms with Crippen molar-refractivity contribution in [2.24, 2.45) is 5.92 Å². The number of nitrogens with zero attached hydrogens (tertiary/aromatic N) is 2. The highest BCUT2D eigenvalue weighted by Crippen LogP contribution is 2.22. The summed E-state index contributed by atoms with van der Waals surface area (Å²) in [7, 11) is 0. The topological polar surface area (TPSA) is 43.8 Å². The van der Waals surface area contributed by atoms with Crippen molar-refractivity contribution in [2.45, 2.75) is 33.4 Å². The Morgan fingerprint density at radius 1 is 1.27 bits per heavy atom. The molecule has 15 heavy (non-hydrogen) atoms. The van der Waals surface area contributed by atoms with Gasteiger partial charge in [0.2, 0.25) is 5.91 Å². The van der Waals surface area contributed by atoms with E-state index in [0.29, 0.717) is 0 Å². The van der Waals surface area contributed by atoms with Crippen molar-refractivity contribution in [3.63, 3.8) is 0 Å². The van der Waals surface area contributed by atoms with Crippen LogP contribution in [0.5, 0.6) is 0 Å². The van der Waals surface area contributed by atoms with Crippen LogP contribution >= 0.6 is 0 Å². The minimum Gasteiger partial charge on any atom is -0.376 e. The molecule has 0 bridgehead atoms. The quantitative estimate of drug-likeness (QED) is 0.728. The molecule has 1 atom stereocenters. The van der Waals surface area contributed by atoms with Gasteiger partial charge in [-0.1, -0.05) is 13.8 Å². The van der Waals surface area contributed by atoms with Crippen LogP contribution in [-0.4, -0.2) is 52.7 Å². The smallest absolute Gasteiger partial charge is 0.219 e. The minimum absolute atomic E-state index is 0.124. The first kappa shape index (κ1) is 12.5. The Morgan fingerprint density at radius 3 is 2.07 bits per heavy atom. The monoisotopic (exact) mass is 214 g/mol. The van der Waals surface area contributed by atoms with Crippen LogP contribution in [0.15, 0.2) is 0 Å². The molecular weight excluding hydrogens is 192 g/mol. The van der Waals surface area contributed by atoms with Crippen LogP contribution in [0.4, 0.5) is 0 Å². The third-order valence-corrected chi connectivity index (χ3v) is 3.46. The highest BCUT2D eigenvalue weighted by molar-refractivity contribution is 5.73. The molecule has 1 aliphatic heterocycles. The molecule has 1 unspecified atom stereocenters. The first-order valence-electron chi connectivity index (χ1n) is 5.58. The Balaban J connectivity index is 2.54. The van der Waals surface area contributed by atoms with Crippen LogP contribution in [0.2, 0.25) is 0 Å². The standard InChI is InChI=1S/C11H22N2O2/c1-9(2)11(4,15)13-7-5-12(6-8-13)10(3)14/h9,15H,5-8H2,1-4H3. The predicted molar refractivity (Wildman–Crippen MR) is 59.3 cm³/mol. The lowest BCUT2D eigenvalue weighted by atomic mass is 9.99. The minimum atomic E-state index is -0.761. The van der Waals surface area contributed by atoms with E-state index < -0.39 is 5.72 Å². The molecule has 0 aromatic carbocycles. The third-order valence-electron chi connectivity index (χ3n) is 3.46. The van der Waals surface area contributed by atoms with Crippen LogP contribution in [0.1, 0.15) is 27.7 Å². The maximum absolute atomic E-state index is 11.1. The van der Waals surface area contributed by atoms with Gasteiger partial charge in [-0.15, -0.1) is 0 Å². The second-order valence-electron chi connectivity index (χ2n) is 4.74. The molecular formula is C11H22N2O2. The van der Waals surface area contributed by atoms with Gasteiger partial charge in [-0.25, -0.2) is 0 Å². The number of carbonyl (C=O) groups excluding carboxylic acids is 1. The maximum atomic E-state index is 11.1. The fourth-order valence-electron chi connectivity index (χ4n) is 1.84. The van der Waals surface area contributed by atoms with E-state index in [0.717, 1.165) is 26.2 Å². The zero-order chi connectivity index (χ0) is 11.6. The van der Waals surface area contributed by atoms with Crippen LogP contribution in [0.3, 0.4) is 0 Å². The molecule has 1 N–H and O–H groups in total. The predicted octanol–water partition coefficient (Wildman–Crippen LogP) is 0.515. The first-order valence-corrected chi connectivity index (χ1v) is 5.58. The van der Waals surface area contributed by atoms with Gasteiger partial charge >= 0.3 is 0 Å². The second kappa shape index (κ2) is 4.49. The highest BCUT2D eigenvalue weighted by atomic mass is 16.3. The molecule has 0 saturated carbocycles. The molecule has 0 spiro atoms. The summed E-state index contributed by atoms with van der Waals surface area (Å²) in [6.45, 7) is 10.4. The number of piperazine rings is 1. The molecule has 4 nitrogen and oxygen atoms in total. The van der Waals surface area contributed by atoms with E-state index in [1.807, 2.05) is 25.7 Å². The van der Waals surface area contributed by atoms with E-state index in [4.69, 9.17) is 0 Å². The average molecular weight is 214 g/mol. The maximum Gasteiger partial charge on any atom is 0.219 e. The summed E-state index contributed by atoms with van der Waals surface area (Å²) in [5.41, 5.74) is -0.761. The van der Waals surface area contributed by atoms with Gasteiger partial charge in [0.05, 0.1) is 0 Å². The number of hydrogen-bond acceptors (Lipinski definition) is 3. The van der Waals surface area contributed by atoms with Gasteiger partial charge in [0, 0.05) is 33.1 Å². The summed E-state index contributed by atoms with van der Waals surface area (Å²) >= 11 is 0. The van der Waals surface area contributed by atoms with Crippen molar-refractivity contribution in [2.75, 3.05) is 26.2 Å². The van der Waals surface area contributed by atoms with Gasteiger partial charge in [0.15, 0.2) is 0 Å². The van der Waals surface area contributed by atoms with Crippen LogP contribution in [-0.2, 0) is 4.79 Å². The van der Waals surface area contributed by atoms with Gasteiger partial charge < -0.3 is 10.0 Å². The zero-order valence-electron chi connectivity index (χ0n) is 10.2. The van der Waals surface area contributed by atoms with Gasteiger partial charge in [-0.3, -0.25) is 9.69 Å². The number of amides is 1. The second-order valence-corrected chi connectivity index (χ2v) is 4.74. The summed E-state index contributed by atoms with van der Waals surface area (Å²) in [5, 5.41) is 10.3. The molecule has 1 rings (SSSR count). The Bertz CT molecular complexity index is 231. The highest BCUT2D eigenvalue weighted by Gasteiger charge is 2.34. The molecule has 88 valence electrons. The average Bonchev–Trinajstić information content (AvgIpc) is 2.17. The fraction of sp³-hybridized carbons (Fsp3) is 0.909. The summed E-state index contributed by atoms with van der Waals surface area (Å²) in [4.78, 5) is 15.0. The molecule has 1 amide bonds. The van der Waals surface area contributed by atoms with Crippen LogP contribution < -0.4 is 0 Å². The molecule has 1 saturated heterocycles. The number of carbonyl (C=O) groups is 1. The Kier molecular flexibility index (Phi) is 3.73. The first-order chi connectivity index (χ1) is 6.85. The molecule has 0 aromatic heterocycles. The van der Waals surface area contributed by atoms with Gasteiger partial charge in [-0.05, 0) is 12.8 Å². The van der Waals surface area contributed by atoms with Gasteiger partial charge in [-0.2, -0.15) is 0 Å². The molecule has 1 heterocycles. The van der Waals surface area contributed by atoms with Crippen molar-refractivity contribution in [3.05, 3.63) is 0 Å². The van der Waals surface area contributed by atoms with E-state index in [9.17, 15) is 9.90 Å².